The first-order valence-corrected chi connectivity index (χ1v) is 10.6. The van der Waals surface area contributed by atoms with Gasteiger partial charge in [-0.2, -0.15) is 0 Å². The van der Waals surface area contributed by atoms with E-state index >= 15 is 0 Å². The van der Waals surface area contributed by atoms with Gasteiger partial charge in [-0.05, 0) is 24.4 Å². The molecule has 1 aliphatic heterocycles. The molecular formula is C20H20FN3O5S. The molecule has 2 aromatic carbocycles. The number of aliphatic hydroxyl groups excluding tert-OH is 1. The van der Waals surface area contributed by atoms with Crippen LogP contribution in [0.2, 0.25) is 0 Å². The molecule has 0 aliphatic carbocycles. The lowest BCUT2D eigenvalue weighted by molar-refractivity contribution is 0.0140. The first kappa shape index (κ1) is 21.5. The van der Waals surface area contributed by atoms with Gasteiger partial charge in [-0.1, -0.05) is 24.8 Å². The van der Waals surface area contributed by atoms with Gasteiger partial charge in [0, 0.05) is 24.7 Å². The predicted molar refractivity (Wildman–Crippen MR) is 112 cm³/mol. The zero-order valence-electron chi connectivity index (χ0n) is 16.3. The van der Waals surface area contributed by atoms with Gasteiger partial charge in [-0.15, -0.1) is 0 Å². The third-order valence-electron chi connectivity index (χ3n) is 4.96. The van der Waals surface area contributed by atoms with E-state index in [9.17, 15) is 27.8 Å². The van der Waals surface area contributed by atoms with Crippen LogP contribution in [0, 0.1) is 5.82 Å². The fraction of sp³-hybridized carbons (Fsp3) is 0.200. The number of aromatic hydroxyl groups is 1. The molecule has 0 saturated heterocycles. The van der Waals surface area contributed by atoms with Gasteiger partial charge in [0.2, 0.25) is 10.0 Å². The third kappa shape index (κ3) is 3.33. The average Bonchev–Trinajstić information content (AvgIpc) is 2.93. The molecule has 3 rings (SSSR count). The van der Waals surface area contributed by atoms with Crippen LogP contribution in [0.4, 0.5) is 15.8 Å². The summed E-state index contributed by atoms with van der Waals surface area (Å²) in [6, 6.07) is 5.33. The molecule has 1 aliphatic rings. The summed E-state index contributed by atoms with van der Waals surface area (Å²) >= 11 is 0. The number of fused-ring (bicyclic) bond motifs is 1. The lowest BCUT2D eigenvalue weighted by Gasteiger charge is -2.26. The molecule has 0 spiro atoms. The molecule has 1 heterocycles. The number of aliphatic imine (C=N–C) groups is 1. The number of phenols is 1. The third-order valence-corrected chi connectivity index (χ3v) is 6.14. The van der Waals surface area contributed by atoms with E-state index in [0.717, 1.165) is 15.5 Å². The summed E-state index contributed by atoms with van der Waals surface area (Å²) in [7, 11) is -2.56. The quantitative estimate of drug-likeness (QED) is 0.681. The first-order valence-electron chi connectivity index (χ1n) is 8.72. The minimum Gasteiger partial charge on any atom is -0.505 e. The fourth-order valence-corrected chi connectivity index (χ4v) is 3.96. The Balaban J connectivity index is 2.26. The number of rotatable bonds is 6. The van der Waals surface area contributed by atoms with E-state index < -0.39 is 33.7 Å². The van der Waals surface area contributed by atoms with E-state index in [2.05, 4.69) is 18.3 Å². The number of anilines is 1. The number of carbonyl (C=O) groups excluding carboxylic acids is 1. The van der Waals surface area contributed by atoms with Crippen molar-refractivity contribution in [3.05, 3.63) is 58.9 Å². The molecule has 1 unspecified atom stereocenters. The topological polar surface area (TPSA) is 111 Å². The number of nitrogens with zero attached hydrogens (tertiary/aromatic N) is 3. The van der Waals surface area contributed by atoms with Crippen molar-refractivity contribution in [2.75, 3.05) is 17.6 Å². The number of aliphatic hydroxyl groups is 1. The van der Waals surface area contributed by atoms with E-state index in [1.165, 1.54) is 37.4 Å². The first-order chi connectivity index (χ1) is 14.0. The molecule has 0 saturated carbocycles. The lowest BCUT2D eigenvalue weighted by Crippen LogP contribution is -2.29. The summed E-state index contributed by atoms with van der Waals surface area (Å²) in [5, 5.41) is 21.6. The van der Waals surface area contributed by atoms with Crippen LogP contribution < -0.4 is 4.31 Å². The maximum absolute atomic E-state index is 13.2. The van der Waals surface area contributed by atoms with Crippen molar-refractivity contribution in [3.63, 3.8) is 0 Å². The molecule has 0 bridgehead atoms. The molecule has 0 fully saturated rings. The fourth-order valence-electron chi connectivity index (χ4n) is 3.43. The number of carbonyl (C=O) groups is 1. The number of phenolic OH excluding ortho intramolecular Hbond substituents is 1. The molecule has 1 atom stereocenters. The minimum absolute atomic E-state index is 0.0369. The Bertz CT molecular complexity index is 1160. The van der Waals surface area contributed by atoms with E-state index in [-0.39, 0.29) is 34.6 Å². The number of sulfonamides is 1. The van der Waals surface area contributed by atoms with Crippen LogP contribution >= 0.6 is 0 Å². The van der Waals surface area contributed by atoms with E-state index in [1.807, 2.05) is 0 Å². The second kappa shape index (κ2) is 7.54. The molecule has 10 heteroatoms. The summed E-state index contributed by atoms with van der Waals surface area (Å²) < 4.78 is 38.6. The Morgan fingerprint density at radius 3 is 2.43 bits per heavy atom. The zero-order chi connectivity index (χ0) is 22.4. The number of hydrogen-bond donors (Lipinski definition) is 2. The minimum atomic E-state index is -3.81. The molecular weight excluding hydrogens is 413 g/mol. The van der Waals surface area contributed by atoms with Crippen molar-refractivity contribution in [1.29, 1.82) is 0 Å². The van der Waals surface area contributed by atoms with E-state index in [1.54, 1.807) is 0 Å². The van der Waals surface area contributed by atoms with E-state index in [4.69, 9.17) is 0 Å². The largest absolute Gasteiger partial charge is 0.505 e. The van der Waals surface area contributed by atoms with Crippen LogP contribution in [0.5, 0.6) is 5.75 Å². The summed E-state index contributed by atoms with van der Waals surface area (Å²) in [5.41, 5.74) is 0.103. The van der Waals surface area contributed by atoms with Gasteiger partial charge in [0.1, 0.15) is 11.5 Å². The highest BCUT2D eigenvalue weighted by Gasteiger charge is 2.43. The smallest absolute Gasteiger partial charge is 0.260 e. The molecule has 0 aromatic heterocycles. The van der Waals surface area contributed by atoms with Crippen LogP contribution in [0.15, 0.2) is 35.8 Å². The van der Waals surface area contributed by atoms with Crippen molar-refractivity contribution in [2.24, 2.45) is 4.99 Å². The lowest BCUT2D eigenvalue weighted by atomic mass is 9.98. The second-order valence-electron chi connectivity index (χ2n) is 6.77. The van der Waals surface area contributed by atoms with Crippen molar-refractivity contribution in [2.45, 2.75) is 12.8 Å². The molecule has 158 valence electrons. The standard InChI is InChI=1S/C20H20FN3O5S/c1-5-13-16(22-2)18(25)15-14(17(13)23(3)30(4,28)29)19(26)24(20(15)27)10-11-6-8-12(21)9-7-11/h5-9,19,25-26H,1-2,10H2,3-4H3. The van der Waals surface area contributed by atoms with E-state index in [0.29, 0.717) is 5.56 Å². The van der Waals surface area contributed by atoms with Crippen LogP contribution in [0.25, 0.3) is 6.08 Å². The van der Waals surface area contributed by atoms with Gasteiger partial charge in [0.05, 0.1) is 17.5 Å². The molecule has 0 radical (unpaired) electrons. The van der Waals surface area contributed by atoms with Gasteiger partial charge in [0.15, 0.2) is 12.0 Å². The number of halogens is 1. The van der Waals surface area contributed by atoms with Gasteiger partial charge < -0.3 is 15.1 Å². The maximum atomic E-state index is 13.2. The Morgan fingerprint density at radius 2 is 1.93 bits per heavy atom. The Hall–Kier alpha value is -3.24. The van der Waals surface area contributed by atoms with Crippen LogP contribution in [-0.4, -0.2) is 49.5 Å². The molecule has 2 N–H and O–H groups in total. The summed E-state index contributed by atoms with van der Waals surface area (Å²) in [4.78, 5) is 17.8. The van der Waals surface area contributed by atoms with Crippen molar-refractivity contribution in [1.82, 2.24) is 4.90 Å². The normalized spacial score (nSPS) is 15.8. The van der Waals surface area contributed by atoms with Gasteiger partial charge >= 0.3 is 0 Å². The number of amides is 1. The summed E-state index contributed by atoms with van der Waals surface area (Å²) in [6.07, 6.45) is 0.653. The highest BCUT2D eigenvalue weighted by atomic mass is 32.2. The van der Waals surface area contributed by atoms with Gasteiger partial charge in [-0.25, -0.2) is 12.8 Å². The average molecular weight is 433 g/mol. The second-order valence-corrected chi connectivity index (χ2v) is 8.79. The van der Waals surface area contributed by atoms with Crippen molar-refractivity contribution >= 4 is 40.1 Å². The Kier molecular flexibility index (Phi) is 5.40. The molecule has 8 nitrogen and oxygen atoms in total. The number of benzene rings is 2. The highest BCUT2D eigenvalue weighted by Crippen LogP contribution is 2.51. The summed E-state index contributed by atoms with van der Waals surface area (Å²) in [5.74, 6) is -1.73. The number of hydrogen-bond acceptors (Lipinski definition) is 6. The predicted octanol–water partition coefficient (Wildman–Crippen LogP) is 2.55. The van der Waals surface area contributed by atoms with Gasteiger partial charge in [0.25, 0.3) is 5.91 Å². The van der Waals surface area contributed by atoms with Crippen molar-refractivity contribution < 1.29 is 27.8 Å². The van der Waals surface area contributed by atoms with Crippen LogP contribution in [-0.2, 0) is 16.6 Å². The molecule has 2 aromatic rings. The SMILES string of the molecule is C=Cc1c(N=C)c(O)c2c(c1N(C)S(C)(=O)=O)C(O)N(Cc1ccc(F)cc1)C2=O. The van der Waals surface area contributed by atoms with Crippen LogP contribution in [0.1, 0.15) is 33.3 Å². The Morgan fingerprint density at radius 1 is 1.33 bits per heavy atom. The summed E-state index contributed by atoms with van der Waals surface area (Å²) in [6.45, 7) is 6.91. The van der Waals surface area contributed by atoms with Crippen molar-refractivity contribution in [3.8, 4) is 5.75 Å². The van der Waals surface area contributed by atoms with Crippen LogP contribution in [0.3, 0.4) is 0 Å². The Labute approximate surface area is 173 Å². The maximum Gasteiger partial charge on any atom is 0.260 e. The highest BCUT2D eigenvalue weighted by molar-refractivity contribution is 7.92. The molecule has 30 heavy (non-hydrogen) atoms. The monoisotopic (exact) mass is 433 g/mol. The molecule has 1 amide bonds. The van der Waals surface area contributed by atoms with Gasteiger partial charge in [-0.3, -0.25) is 14.1 Å². The zero-order valence-corrected chi connectivity index (χ0v) is 17.1.